The minimum Gasteiger partial charge on any atom is -0.369 e. The van der Waals surface area contributed by atoms with E-state index < -0.39 is 0 Å². The van der Waals surface area contributed by atoms with Crippen molar-refractivity contribution in [1.82, 2.24) is 5.32 Å². The maximum Gasteiger partial charge on any atom is 0.221 e. The molecule has 4 heteroatoms. The molecule has 1 aliphatic heterocycles. The quantitative estimate of drug-likeness (QED) is 0.800. The van der Waals surface area contributed by atoms with Crippen molar-refractivity contribution in [2.45, 2.75) is 12.5 Å². The van der Waals surface area contributed by atoms with Crippen LogP contribution in [0, 0.1) is 5.92 Å². The van der Waals surface area contributed by atoms with Crippen molar-refractivity contribution in [1.29, 1.82) is 0 Å². The van der Waals surface area contributed by atoms with Crippen LogP contribution in [0.3, 0.4) is 0 Å². The standard InChI is InChI=1S/C11H13ClN2O/c12-9-3-1-7(2-4-9)10-5-8(6-14-10)11(13)15/h1-4,8,10,14H,5-6H2,(H2,13,15). The molecule has 2 unspecified atom stereocenters. The fourth-order valence-electron chi connectivity index (χ4n) is 1.90. The number of rotatable bonds is 2. The summed E-state index contributed by atoms with van der Waals surface area (Å²) in [6, 6.07) is 7.89. The van der Waals surface area contributed by atoms with Crippen LogP contribution in [-0.2, 0) is 4.79 Å². The Balaban J connectivity index is 2.07. The predicted octanol–water partition coefficient (Wildman–Crippen LogP) is 1.48. The number of nitrogens with two attached hydrogens (primary N) is 1. The van der Waals surface area contributed by atoms with Crippen LogP contribution in [-0.4, -0.2) is 12.5 Å². The molecule has 1 saturated heterocycles. The van der Waals surface area contributed by atoms with Gasteiger partial charge in [-0.2, -0.15) is 0 Å². The van der Waals surface area contributed by atoms with Crippen molar-refractivity contribution < 1.29 is 4.79 Å². The van der Waals surface area contributed by atoms with Gasteiger partial charge in [-0.3, -0.25) is 4.79 Å². The molecule has 1 aromatic rings. The lowest BCUT2D eigenvalue weighted by Crippen LogP contribution is -2.24. The molecule has 0 radical (unpaired) electrons. The number of amides is 1. The molecule has 1 aromatic carbocycles. The van der Waals surface area contributed by atoms with Gasteiger partial charge in [0.15, 0.2) is 0 Å². The van der Waals surface area contributed by atoms with E-state index in [1.165, 1.54) is 0 Å². The number of primary amides is 1. The Hall–Kier alpha value is -1.06. The average Bonchev–Trinajstić information content (AvgIpc) is 2.68. The summed E-state index contributed by atoms with van der Waals surface area (Å²) in [6.07, 6.45) is 0.775. The van der Waals surface area contributed by atoms with Crippen molar-refractivity contribution >= 4 is 17.5 Å². The Kier molecular flexibility index (Phi) is 2.93. The Bertz CT molecular complexity index is 363. The van der Waals surface area contributed by atoms with Gasteiger partial charge in [0.05, 0.1) is 5.92 Å². The van der Waals surface area contributed by atoms with Crippen molar-refractivity contribution in [3.05, 3.63) is 34.9 Å². The lowest BCUT2D eigenvalue weighted by molar-refractivity contribution is -0.121. The molecular formula is C11H13ClN2O. The van der Waals surface area contributed by atoms with Crippen molar-refractivity contribution in [3.63, 3.8) is 0 Å². The molecule has 0 spiro atoms. The molecule has 15 heavy (non-hydrogen) atoms. The van der Waals surface area contributed by atoms with E-state index in [0.717, 1.165) is 17.0 Å². The maximum atomic E-state index is 11.0. The zero-order valence-electron chi connectivity index (χ0n) is 8.24. The molecular weight excluding hydrogens is 212 g/mol. The van der Waals surface area contributed by atoms with E-state index >= 15 is 0 Å². The number of hydrogen-bond acceptors (Lipinski definition) is 2. The first-order valence-electron chi connectivity index (χ1n) is 4.95. The number of carbonyl (C=O) groups is 1. The van der Waals surface area contributed by atoms with Crippen LogP contribution in [0.4, 0.5) is 0 Å². The first-order chi connectivity index (χ1) is 7.16. The van der Waals surface area contributed by atoms with Crippen LogP contribution in [0.5, 0.6) is 0 Å². The molecule has 0 bridgehead atoms. The summed E-state index contributed by atoms with van der Waals surface area (Å²) in [7, 11) is 0. The van der Waals surface area contributed by atoms with Gasteiger partial charge in [-0.25, -0.2) is 0 Å². The fourth-order valence-corrected chi connectivity index (χ4v) is 2.03. The van der Waals surface area contributed by atoms with E-state index in [1.807, 2.05) is 24.3 Å². The fraction of sp³-hybridized carbons (Fsp3) is 0.364. The number of halogens is 1. The third-order valence-electron chi connectivity index (χ3n) is 2.81. The van der Waals surface area contributed by atoms with Crippen LogP contribution in [0.1, 0.15) is 18.0 Å². The summed E-state index contributed by atoms with van der Waals surface area (Å²) in [5.41, 5.74) is 6.42. The van der Waals surface area contributed by atoms with Crippen LogP contribution in [0.15, 0.2) is 24.3 Å². The number of carbonyl (C=O) groups excluding carboxylic acids is 1. The molecule has 0 aromatic heterocycles. The van der Waals surface area contributed by atoms with Gasteiger partial charge in [0.1, 0.15) is 0 Å². The lowest BCUT2D eigenvalue weighted by Gasteiger charge is -2.10. The summed E-state index contributed by atoms with van der Waals surface area (Å²) in [4.78, 5) is 11.0. The smallest absolute Gasteiger partial charge is 0.221 e. The molecule has 80 valence electrons. The summed E-state index contributed by atoms with van der Waals surface area (Å²) in [5, 5.41) is 4.01. The molecule has 3 nitrogen and oxygen atoms in total. The SMILES string of the molecule is NC(=O)C1CNC(c2ccc(Cl)cc2)C1. The first kappa shape index (κ1) is 10.5. The topological polar surface area (TPSA) is 55.1 Å². The monoisotopic (exact) mass is 224 g/mol. The second kappa shape index (κ2) is 4.21. The molecule has 0 aliphatic carbocycles. The van der Waals surface area contributed by atoms with Gasteiger partial charge in [-0.15, -0.1) is 0 Å². The Morgan fingerprint density at radius 2 is 2.07 bits per heavy atom. The van der Waals surface area contributed by atoms with E-state index in [-0.39, 0.29) is 17.9 Å². The highest BCUT2D eigenvalue weighted by Crippen LogP contribution is 2.27. The average molecular weight is 225 g/mol. The molecule has 2 atom stereocenters. The lowest BCUT2D eigenvalue weighted by atomic mass is 10.00. The molecule has 1 aliphatic rings. The van der Waals surface area contributed by atoms with Crippen LogP contribution < -0.4 is 11.1 Å². The van der Waals surface area contributed by atoms with E-state index in [0.29, 0.717) is 6.54 Å². The summed E-state index contributed by atoms with van der Waals surface area (Å²) < 4.78 is 0. The third kappa shape index (κ3) is 2.30. The molecule has 3 N–H and O–H groups in total. The van der Waals surface area contributed by atoms with Crippen molar-refractivity contribution in [2.75, 3.05) is 6.54 Å². The number of nitrogens with one attached hydrogen (secondary N) is 1. The Morgan fingerprint density at radius 3 is 2.60 bits per heavy atom. The van der Waals surface area contributed by atoms with Gasteiger partial charge in [-0.1, -0.05) is 23.7 Å². The van der Waals surface area contributed by atoms with Gasteiger partial charge >= 0.3 is 0 Å². The zero-order valence-corrected chi connectivity index (χ0v) is 9.00. The van der Waals surface area contributed by atoms with E-state index in [4.69, 9.17) is 17.3 Å². The summed E-state index contributed by atoms with van der Waals surface area (Å²) in [6.45, 7) is 0.669. The van der Waals surface area contributed by atoms with Gasteiger partial charge in [0, 0.05) is 17.6 Å². The molecule has 1 heterocycles. The Labute approximate surface area is 93.6 Å². The second-order valence-electron chi connectivity index (χ2n) is 3.85. The maximum absolute atomic E-state index is 11.0. The second-order valence-corrected chi connectivity index (χ2v) is 4.28. The molecule has 1 fully saturated rings. The Morgan fingerprint density at radius 1 is 1.40 bits per heavy atom. The molecule has 2 rings (SSSR count). The molecule has 0 saturated carbocycles. The van der Waals surface area contributed by atoms with Gasteiger partial charge < -0.3 is 11.1 Å². The number of benzene rings is 1. The minimum atomic E-state index is -0.223. The van der Waals surface area contributed by atoms with E-state index in [9.17, 15) is 4.79 Å². The van der Waals surface area contributed by atoms with Crippen LogP contribution in [0.25, 0.3) is 0 Å². The minimum absolute atomic E-state index is 0.0503. The molecule has 1 amide bonds. The van der Waals surface area contributed by atoms with Gasteiger partial charge in [-0.05, 0) is 24.1 Å². The van der Waals surface area contributed by atoms with E-state index in [1.54, 1.807) is 0 Å². The first-order valence-corrected chi connectivity index (χ1v) is 5.33. The summed E-state index contributed by atoms with van der Waals surface area (Å²) in [5.74, 6) is -0.273. The van der Waals surface area contributed by atoms with E-state index in [2.05, 4.69) is 5.32 Å². The van der Waals surface area contributed by atoms with Crippen molar-refractivity contribution in [3.8, 4) is 0 Å². The van der Waals surface area contributed by atoms with Crippen LogP contribution in [0.2, 0.25) is 5.02 Å². The highest BCUT2D eigenvalue weighted by Gasteiger charge is 2.28. The van der Waals surface area contributed by atoms with Crippen LogP contribution >= 0.6 is 11.6 Å². The normalized spacial score (nSPS) is 25.4. The predicted molar refractivity (Wildman–Crippen MR) is 59.5 cm³/mol. The van der Waals surface area contributed by atoms with Gasteiger partial charge in [0.2, 0.25) is 5.91 Å². The largest absolute Gasteiger partial charge is 0.369 e. The third-order valence-corrected chi connectivity index (χ3v) is 3.06. The van der Waals surface area contributed by atoms with Crippen molar-refractivity contribution in [2.24, 2.45) is 11.7 Å². The highest BCUT2D eigenvalue weighted by atomic mass is 35.5. The van der Waals surface area contributed by atoms with Gasteiger partial charge in [0.25, 0.3) is 0 Å². The summed E-state index contributed by atoms with van der Waals surface area (Å²) >= 11 is 5.80. The number of hydrogen-bond donors (Lipinski definition) is 2. The zero-order chi connectivity index (χ0) is 10.8. The highest BCUT2D eigenvalue weighted by molar-refractivity contribution is 6.30.